The van der Waals surface area contributed by atoms with Crippen molar-refractivity contribution in [2.24, 2.45) is 5.73 Å². The molecule has 0 aliphatic carbocycles. The average molecular weight is 159 g/mol. The zero-order chi connectivity index (χ0) is 8.41. The summed E-state index contributed by atoms with van der Waals surface area (Å²) >= 11 is 3.86. The topological polar surface area (TPSA) is 26.0 Å². The van der Waals surface area contributed by atoms with Gasteiger partial charge in [0.2, 0.25) is 0 Å². The molecular weight excluding hydrogens is 142 g/mol. The molecule has 0 saturated heterocycles. The van der Waals surface area contributed by atoms with Crippen molar-refractivity contribution >= 4 is 12.6 Å². The molecule has 0 aromatic carbocycles. The van der Waals surface area contributed by atoms with Crippen molar-refractivity contribution in [3.8, 4) is 0 Å². The van der Waals surface area contributed by atoms with E-state index in [2.05, 4.69) is 19.6 Å². The molecule has 0 aliphatic heterocycles. The lowest BCUT2D eigenvalue weighted by Gasteiger charge is -1.80. The van der Waals surface area contributed by atoms with Gasteiger partial charge < -0.3 is 5.73 Å². The Balaban J connectivity index is 0. The van der Waals surface area contributed by atoms with Crippen molar-refractivity contribution < 1.29 is 0 Å². The first kappa shape index (κ1) is 12.3. The smallest absolute Gasteiger partial charge is 0.0624 e. The van der Waals surface area contributed by atoms with Crippen molar-refractivity contribution in [1.29, 1.82) is 0 Å². The molecule has 0 heterocycles. The van der Waals surface area contributed by atoms with Crippen LogP contribution in [-0.2, 0) is 0 Å². The monoisotopic (exact) mass is 159 g/mol. The standard InChI is InChI=1S/C6H11NS.C2H6/c1-2-3-4-5-6(7)8;1-2/h3-5,8H,2,7H2,1H3;1-2H3/b4-3-,6-5-;. The Bertz CT molecular complexity index is 102. The van der Waals surface area contributed by atoms with Crippen LogP contribution >= 0.6 is 12.6 Å². The number of hydrogen-bond acceptors (Lipinski definition) is 2. The predicted octanol–water partition coefficient (Wildman–Crippen LogP) is 2.71. The summed E-state index contributed by atoms with van der Waals surface area (Å²) < 4.78 is 0. The molecular formula is C8H17NS. The Labute approximate surface area is 69.4 Å². The van der Waals surface area contributed by atoms with Crippen molar-refractivity contribution in [3.05, 3.63) is 23.3 Å². The molecule has 0 unspecified atom stereocenters. The van der Waals surface area contributed by atoms with Gasteiger partial charge in [-0.15, -0.1) is 12.6 Å². The van der Waals surface area contributed by atoms with Crippen LogP contribution in [0, 0.1) is 0 Å². The van der Waals surface area contributed by atoms with Crippen LogP contribution in [0.5, 0.6) is 0 Å². The third kappa shape index (κ3) is 15.6. The van der Waals surface area contributed by atoms with Crippen molar-refractivity contribution in [2.75, 3.05) is 0 Å². The summed E-state index contributed by atoms with van der Waals surface area (Å²) in [4.78, 5) is 0. The summed E-state index contributed by atoms with van der Waals surface area (Å²) in [6, 6.07) is 0. The van der Waals surface area contributed by atoms with Crippen LogP contribution in [0.4, 0.5) is 0 Å². The van der Waals surface area contributed by atoms with Crippen LogP contribution in [-0.4, -0.2) is 0 Å². The lowest BCUT2D eigenvalue weighted by Crippen LogP contribution is -1.84. The second kappa shape index (κ2) is 11.4. The van der Waals surface area contributed by atoms with Gasteiger partial charge in [0.15, 0.2) is 0 Å². The zero-order valence-electron chi connectivity index (χ0n) is 6.96. The largest absolute Gasteiger partial charge is 0.394 e. The lowest BCUT2D eigenvalue weighted by molar-refractivity contribution is 1.22. The molecule has 0 atom stereocenters. The number of allylic oxidation sites excluding steroid dienone is 3. The summed E-state index contributed by atoms with van der Waals surface area (Å²) in [6.07, 6.45) is 6.70. The Morgan fingerprint density at radius 3 is 2.30 bits per heavy atom. The fourth-order valence-electron chi connectivity index (χ4n) is 0.303. The van der Waals surface area contributed by atoms with Crippen molar-refractivity contribution in [2.45, 2.75) is 27.2 Å². The molecule has 0 saturated carbocycles. The Morgan fingerprint density at radius 1 is 1.50 bits per heavy atom. The highest BCUT2D eigenvalue weighted by molar-refractivity contribution is 7.84. The maximum atomic E-state index is 5.21. The first-order chi connectivity index (χ1) is 4.77. The second-order valence-electron chi connectivity index (χ2n) is 1.43. The quantitative estimate of drug-likeness (QED) is 0.470. The number of nitrogens with two attached hydrogens (primary N) is 1. The first-order valence-corrected chi connectivity index (χ1v) is 4.03. The van der Waals surface area contributed by atoms with E-state index in [9.17, 15) is 0 Å². The molecule has 0 aromatic heterocycles. The lowest BCUT2D eigenvalue weighted by atomic mass is 10.4. The summed E-state index contributed by atoms with van der Waals surface area (Å²) in [5.74, 6) is 0. The van der Waals surface area contributed by atoms with Crippen molar-refractivity contribution in [3.63, 3.8) is 0 Å². The summed E-state index contributed by atoms with van der Waals surface area (Å²) in [7, 11) is 0. The highest BCUT2D eigenvalue weighted by Crippen LogP contribution is 1.89. The third-order valence-corrected chi connectivity index (χ3v) is 0.788. The molecule has 0 aliphatic rings. The highest BCUT2D eigenvalue weighted by atomic mass is 32.1. The first-order valence-electron chi connectivity index (χ1n) is 3.58. The summed E-state index contributed by atoms with van der Waals surface area (Å²) in [5.41, 5.74) is 5.21. The molecule has 0 bridgehead atoms. The molecule has 10 heavy (non-hydrogen) atoms. The van der Waals surface area contributed by atoms with Gasteiger partial charge in [0, 0.05) is 0 Å². The molecule has 0 amide bonds. The normalized spacial score (nSPS) is 11.0. The van der Waals surface area contributed by atoms with E-state index in [0.717, 1.165) is 6.42 Å². The van der Waals surface area contributed by atoms with Gasteiger partial charge in [0.25, 0.3) is 0 Å². The van der Waals surface area contributed by atoms with Gasteiger partial charge in [-0.1, -0.05) is 32.9 Å². The molecule has 0 fully saturated rings. The highest BCUT2D eigenvalue weighted by Gasteiger charge is 1.68. The second-order valence-corrected chi connectivity index (χ2v) is 1.94. The van der Waals surface area contributed by atoms with Crippen molar-refractivity contribution in [1.82, 2.24) is 0 Å². The van der Waals surface area contributed by atoms with Crippen LogP contribution in [0.3, 0.4) is 0 Å². The minimum Gasteiger partial charge on any atom is -0.394 e. The minimum absolute atomic E-state index is 0.551. The van der Waals surface area contributed by atoms with Gasteiger partial charge in [-0.2, -0.15) is 0 Å². The van der Waals surface area contributed by atoms with Gasteiger partial charge >= 0.3 is 0 Å². The van der Waals surface area contributed by atoms with E-state index in [1.54, 1.807) is 6.08 Å². The predicted molar refractivity (Wildman–Crippen MR) is 52.0 cm³/mol. The van der Waals surface area contributed by atoms with E-state index in [0.29, 0.717) is 5.03 Å². The molecule has 0 aromatic rings. The molecule has 0 spiro atoms. The van der Waals surface area contributed by atoms with Gasteiger partial charge in [-0.05, 0) is 12.5 Å². The SMILES string of the molecule is CC.CC/C=C\C=C(\N)S. The van der Waals surface area contributed by atoms with Crippen LogP contribution in [0.25, 0.3) is 0 Å². The number of hydrogen-bond donors (Lipinski definition) is 2. The van der Waals surface area contributed by atoms with Gasteiger partial charge in [-0.3, -0.25) is 0 Å². The van der Waals surface area contributed by atoms with Gasteiger partial charge in [0.1, 0.15) is 0 Å². The fourth-order valence-corrected chi connectivity index (χ4v) is 0.389. The van der Waals surface area contributed by atoms with Crippen LogP contribution in [0.1, 0.15) is 27.2 Å². The van der Waals surface area contributed by atoms with E-state index in [1.165, 1.54) is 0 Å². The maximum absolute atomic E-state index is 5.21. The average Bonchev–Trinajstić information content (AvgIpc) is 1.92. The van der Waals surface area contributed by atoms with Crippen LogP contribution in [0.15, 0.2) is 23.3 Å². The summed E-state index contributed by atoms with van der Waals surface area (Å²) in [5, 5.41) is 0.551. The third-order valence-electron chi connectivity index (χ3n) is 0.639. The van der Waals surface area contributed by atoms with Gasteiger partial charge in [0.05, 0.1) is 5.03 Å². The van der Waals surface area contributed by atoms with E-state index < -0.39 is 0 Å². The molecule has 2 N–H and O–H groups in total. The van der Waals surface area contributed by atoms with E-state index in [1.807, 2.05) is 26.0 Å². The molecule has 2 heteroatoms. The number of rotatable bonds is 2. The van der Waals surface area contributed by atoms with Crippen LogP contribution in [0.2, 0.25) is 0 Å². The Morgan fingerprint density at radius 2 is 2.00 bits per heavy atom. The Kier molecular flexibility index (Phi) is 14.1. The van der Waals surface area contributed by atoms with Gasteiger partial charge in [-0.25, -0.2) is 0 Å². The summed E-state index contributed by atoms with van der Waals surface area (Å²) in [6.45, 7) is 6.07. The van der Waals surface area contributed by atoms with E-state index >= 15 is 0 Å². The van der Waals surface area contributed by atoms with E-state index in [-0.39, 0.29) is 0 Å². The maximum Gasteiger partial charge on any atom is 0.0624 e. The molecule has 60 valence electrons. The Hall–Kier alpha value is -0.370. The molecule has 0 radical (unpaired) electrons. The minimum atomic E-state index is 0.551. The molecule has 1 nitrogen and oxygen atoms in total. The van der Waals surface area contributed by atoms with E-state index in [4.69, 9.17) is 5.73 Å². The fraction of sp³-hybridized carbons (Fsp3) is 0.500. The molecule has 0 rings (SSSR count). The zero-order valence-corrected chi connectivity index (χ0v) is 7.86. The number of thiol groups is 1. The van der Waals surface area contributed by atoms with Crippen LogP contribution < -0.4 is 5.73 Å².